The number of methoxy groups -OCH3 is 6. The lowest BCUT2D eigenvalue weighted by Gasteiger charge is -2.27. The molecular weight excluding hydrogens is 422 g/mol. The fourth-order valence-corrected chi connectivity index (χ4v) is 3.90. The highest BCUT2D eigenvalue weighted by molar-refractivity contribution is 5.65. The number of hydrogen-bond acceptors (Lipinski definition) is 7. The van der Waals surface area contributed by atoms with Crippen molar-refractivity contribution >= 4 is 0 Å². The molecule has 0 fully saturated rings. The Hall–Kier alpha value is -4.05. The van der Waals surface area contributed by atoms with E-state index in [9.17, 15) is 5.26 Å². The van der Waals surface area contributed by atoms with Crippen molar-refractivity contribution in [3.8, 4) is 40.6 Å². The zero-order valence-corrected chi connectivity index (χ0v) is 19.6. The van der Waals surface area contributed by atoms with Gasteiger partial charge in [-0.15, -0.1) is 0 Å². The molecule has 0 radical (unpaired) electrons. The zero-order chi connectivity index (χ0) is 24.0. The quantitative estimate of drug-likeness (QED) is 0.435. The van der Waals surface area contributed by atoms with Crippen LogP contribution in [0.25, 0.3) is 0 Å². The van der Waals surface area contributed by atoms with Crippen LogP contribution < -0.4 is 28.4 Å². The molecule has 0 heterocycles. The summed E-state index contributed by atoms with van der Waals surface area (Å²) in [5.41, 5.74) is 2.82. The highest BCUT2D eigenvalue weighted by Gasteiger charge is 2.31. The summed E-state index contributed by atoms with van der Waals surface area (Å²) in [6, 6.07) is 16.8. The van der Waals surface area contributed by atoms with Crippen LogP contribution in [0.2, 0.25) is 0 Å². The summed E-state index contributed by atoms with van der Waals surface area (Å²) in [5.74, 6) is 2.93. The molecule has 0 bridgehead atoms. The second-order valence-electron chi connectivity index (χ2n) is 7.06. The molecule has 0 unspecified atom stereocenters. The van der Waals surface area contributed by atoms with Crippen molar-refractivity contribution in [1.29, 1.82) is 5.26 Å². The first-order valence-electron chi connectivity index (χ1n) is 10.1. The predicted molar refractivity (Wildman–Crippen MR) is 124 cm³/mol. The smallest absolute Gasteiger partial charge is 0.130 e. The van der Waals surface area contributed by atoms with Crippen LogP contribution in [0.3, 0.4) is 0 Å². The Morgan fingerprint density at radius 3 is 1.36 bits per heavy atom. The first-order chi connectivity index (χ1) is 16.0. The third-order valence-corrected chi connectivity index (χ3v) is 5.43. The average Bonchev–Trinajstić information content (AvgIpc) is 2.88. The molecule has 0 saturated heterocycles. The normalized spacial score (nSPS) is 10.4. The van der Waals surface area contributed by atoms with E-state index in [2.05, 4.69) is 6.07 Å². The van der Waals surface area contributed by atoms with Crippen LogP contribution in [-0.2, 0) is 0 Å². The van der Waals surface area contributed by atoms with Crippen molar-refractivity contribution in [2.45, 2.75) is 5.92 Å². The monoisotopic (exact) mass is 449 g/mol. The zero-order valence-electron chi connectivity index (χ0n) is 19.6. The van der Waals surface area contributed by atoms with Gasteiger partial charge in [0.25, 0.3) is 0 Å². The molecule has 0 amide bonds. The minimum absolute atomic E-state index is 0.468. The molecular formula is C26H27NO6. The lowest BCUT2D eigenvalue weighted by molar-refractivity contribution is 0.359. The number of rotatable bonds is 9. The summed E-state index contributed by atoms with van der Waals surface area (Å²) >= 11 is 0. The second kappa shape index (κ2) is 10.5. The highest BCUT2D eigenvalue weighted by atomic mass is 16.5. The molecule has 3 rings (SSSR count). The van der Waals surface area contributed by atoms with E-state index in [0.29, 0.717) is 40.1 Å². The molecule has 0 spiro atoms. The van der Waals surface area contributed by atoms with Crippen LogP contribution in [0, 0.1) is 11.3 Å². The minimum Gasteiger partial charge on any atom is -0.496 e. The number of nitrogens with zero attached hydrogens (tertiary/aromatic N) is 1. The predicted octanol–water partition coefficient (Wildman–Crippen LogP) is 4.79. The average molecular weight is 450 g/mol. The minimum atomic E-state index is -0.468. The molecule has 7 heteroatoms. The third kappa shape index (κ3) is 4.60. The lowest BCUT2D eigenvalue weighted by Crippen LogP contribution is -2.11. The van der Waals surface area contributed by atoms with Gasteiger partial charge in [-0.2, -0.15) is 5.26 Å². The van der Waals surface area contributed by atoms with Gasteiger partial charge in [-0.25, -0.2) is 0 Å². The van der Waals surface area contributed by atoms with Gasteiger partial charge in [-0.05, 0) is 17.7 Å². The van der Waals surface area contributed by atoms with Gasteiger partial charge in [0.2, 0.25) is 0 Å². The number of ether oxygens (including phenoxy) is 6. The number of hydrogen-bond donors (Lipinski definition) is 0. The van der Waals surface area contributed by atoms with E-state index in [-0.39, 0.29) is 0 Å². The molecule has 3 aromatic carbocycles. The molecule has 0 aliphatic rings. The van der Waals surface area contributed by atoms with E-state index in [1.807, 2.05) is 18.2 Å². The van der Waals surface area contributed by atoms with Crippen LogP contribution in [0.4, 0.5) is 0 Å². The Morgan fingerprint density at radius 2 is 1.03 bits per heavy atom. The third-order valence-electron chi connectivity index (χ3n) is 5.43. The Labute approximate surface area is 194 Å². The summed E-state index contributed by atoms with van der Waals surface area (Å²) in [4.78, 5) is 0. The van der Waals surface area contributed by atoms with Crippen molar-refractivity contribution in [2.75, 3.05) is 42.7 Å². The van der Waals surface area contributed by atoms with Crippen molar-refractivity contribution in [1.82, 2.24) is 0 Å². The number of nitriles is 1. The van der Waals surface area contributed by atoms with Crippen LogP contribution in [0.15, 0.2) is 48.5 Å². The van der Waals surface area contributed by atoms with Crippen LogP contribution in [0.5, 0.6) is 34.5 Å². The molecule has 0 N–H and O–H groups in total. The fourth-order valence-electron chi connectivity index (χ4n) is 3.90. The molecule has 7 nitrogen and oxygen atoms in total. The van der Waals surface area contributed by atoms with E-state index in [1.165, 1.54) is 0 Å². The van der Waals surface area contributed by atoms with Crippen molar-refractivity contribution in [3.63, 3.8) is 0 Å². The molecule has 0 atom stereocenters. The van der Waals surface area contributed by atoms with Crippen molar-refractivity contribution in [3.05, 3.63) is 70.8 Å². The van der Waals surface area contributed by atoms with Gasteiger partial charge in [-0.1, -0.05) is 12.1 Å². The Kier molecular flexibility index (Phi) is 7.52. The summed E-state index contributed by atoms with van der Waals surface area (Å²) in [6.45, 7) is 0. The van der Waals surface area contributed by atoms with Gasteiger partial charge >= 0.3 is 0 Å². The lowest BCUT2D eigenvalue weighted by atomic mass is 9.82. The summed E-state index contributed by atoms with van der Waals surface area (Å²) in [5, 5.41) is 9.54. The van der Waals surface area contributed by atoms with Crippen LogP contribution in [-0.4, -0.2) is 42.7 Å². The van der Waals surface area contributed by atoms with Gasteiger partial charge in [-0.3, -0.25) is 0 Å². The van der Waals surface area contributed by atoms with Crippen LogP contribution in [0.1, 0.15) is 28.2 Å². The van der Waals surface area contributed by atoms with Gasteiger partial charge in [0, 0.05) is 41.3 Å². The SMILES string of the molecule is COc1cc(OC)c(C(c2cccc(C#N)c2)c2c(OC)cc(OC)cc2OC)c(OC)c1. The molecule has 0 saturated carbocycles. The summed E-state index contributed by atoms with van der Waals surface area (Å²) in [6.07, 6.45) is 0. The largest absolute Gasteiger partial charge is 0.496 e. The molecule has 33 heavy (non-hydrogen) atoms. The van der Waals surface area contributed by atoms with E-state index in [1.54, 1.807) is 73.0 Å². The highest BCUT2D eigenvalue weighted by Crippen LogP contribution is 2.50. The van der Waals surface area contributed by atoms with Gasteiger partial charge in [0.1, 0.15) is 34.5 Å². The second-order valence-corrected chi connectivity index (χ2v) is 7.06. The fraction of sp³-hybridized carbons (Fsp3) is 0.269. The first kappa shape index (κ1) is 23.6. The maximum Gasteiger partial charge on any atom is 0.130 e. The van der Waals surface area contributed by atoms with Gasteiger partial charge in [0.05, 0.1) is 54.3 Å². The Balaban J connectivity index is 2.46. The maximum atomic E-state index is 9.54. The van der Waals surface area contributed by atoms with E-state index < -0.39 is 5.92 Å². The maximum absolute atomic E-state index is 9.54. The first-order valence-corrected chi connectivity index (χ1v) is 10.1. The van der Waals surface area contributed by atoms with E-state index >= 15 is 0 Å². The van der Waals surface area contributed by atoms with Gasteiger partial charge < -0.3 is 28.4 Å². The van der Waals surface area contributed by atoms with Crippen molar-refractivity contribution in [2.24, 2.45) is 0 Å². The van der Waals surface area contributed by atoms with E-state index in [0.717, 1.165) is 16.7 Å². The Bertz CT molecular complexity index is 1050. The molecule has 0 aliphatic carbocycles. The number of benzene rings is 3. The standard InChI is InChI=1S/C26H27NO6/c1-28-18-11-20(30-3)25(21(12-18)31-4)24(17-9-7-8-16(10-17)15-27)26-22(32-5)13-19(29-2)14-23(26)33-6/h7-14,24H,1-6H3. The molecule has 0 aromatic heterocycles. The van der Waals surface area contributed by atoms with Crippen molar-refractivity contribution < 1.29 is 28.4 Å². The van der Waals surface area contributed by atoms with E-state index in [4.69, 9.17) is 28.4 Å². The molecule has 3 aromatic rings. The molecule has 172 valence electrons. The van der Waals surface area contributed by atoms with Gasteiger partial charge in [0.15, 0.2) is 0 Å². The molecule has 0 aliphatic heterocycles. The summed E-state index contributed by atoms with van der Waals surface area (Å²) in [7, 11) is 9.51. The topological polar surface area (TPSA) is 79.2 Å². The summed E-state index contributed by atoms with van der Waals surface area (Å²) < 4.78 is 34.0. The Morgan fingerprint density at radius 1 is 0.606 bits per heavy atom. The van der Waals surface area contributed by atoms with Crippen LogP contribution >= 0.6 is 0 Å².